The van der Waals surface area contributed by atoms with E-state index in [4.69, 9.17) is 0 Å². The van der Waals surface area contributed by atoms with Crippen molar-refractivity contribution in [2.45, 2.75) is 38.1 Å². The molecule has 2 aliphatic rings. The third kappa shape index (κ3) is 1.85. The average Bonchev–Trinajstić information content (AvgIpc) is 2.80. The minimum absolute atomic E-state index is 0.113. The normalized spacial score (nSPS) is 20.4. The van der Waals surface area contributed by atoms with E-state index in [0.29, 0.717) is 11.5 Å². The van der Waals surface area contributed by atoms with Gasteiger partial charge in [0.2, 0.25) is 0 Å². The molecule has 2 heterocycles. The lowest BCUT2D eigenvalue weighted by molar-refractivity contribution is 0.00286. The molecule has 0 saturated heterocycles. The first kappa shape index (κ1) is 11.8. The number of fused-ring (bicyclic) bond motifs is 1. The zero-order valence-electron chi connectivity index (χ0n) is 11.3. The first-order valence-electron chi connectivity index (χ1n) is 7.24. The van der Waals surface area contributed by atoms with Gasteiger partial charge in [-0.3, -0.25) is 0 Å². The topological polar surface area (TPSA) is 58.4 Å². The molecule has 2 aliphatic carbocycles. The number of amides is 2. The molecule has 20 heavy (non-hydrogen) atoms. The Morgan fingerprint density at radius 1 is 1.35 bits per heavy atom. The highest BCUT2D eigenvalue weighted by molar-refractivity contribution is 5.94. The van der Waals surface area contributed by atoms with Crippen LogP contribution in [0.25, 0.3) is 5.52 Å². The largest absolute Gasteiger partial charge is 0.335 e. The number of pyridine rings is 1. The SMILES string of the molecule is O=C(Nc1cccn2nccc12)NC1CC2(CCC2)C1. The fourth-order valence-corrected chi connectivity index (χ4v) is 3.57. The lowest BCUT2D eigenvalue weighted by Gasteiger charge is -2.54. The number of urea groups is 1. The van der Waals surface area contributed by atoms with E-state index in [1.165, 1.54) is 19.3 Å². The van der Waals surface area contributed by atoms with Gasteiger partial charge in [-0.2, -0.15) is 5.10 Å². The molecular formula is C15H18N4O. The van der Waals surface area contributed by atoms with E-state index >= 15 is 0 Å². The molecule has 5 heteroatoms. The summed E-state index contributed by atoms with van der Waals surface area (Å²) in [6, 6.07) is 5.90. The summed E-state index contributed by atoms with van der Waals surface area (Å²) in [6.45, 7) is 0. The third-order valence-electron chi connectivity index (χ3n) is 4.79. The maximum Gasteiger partial charge on any atom is 0.319 e. The van der Waals surface area contributed by atoms with E-state index < -0.39 is 0 Å². The van der Waals surface area contributed by atoms with Crippen LogP contribution in [0.2, 0.25) is 0 Å². The molecule has 0 radical (unpaired) electrons. The van der Waals surface area contributed by atoms with Crippen molar-refractivity contribution in [3.63, 3.8) is 0 Å². The Morgan fingerprint density at radius 3 is 2.95 bits per heavy atom. The van der Waals surface area contributed by atoms with E-state index in [2.05, 4.69) is 15.7 Å². The smallest absolute Gasteiger partial charge is 0.319 e. The maximum absolute atomic E-state index is 12.0. The third-order valence-corrected chi connectivity index (χ3v) is 4.79. The molecule has 2 saturated carbocycles. The number of nitrogens with zero attached hydrogens (tertiary/aromatic N) is 2. The minimum atomic E-state index is -0.113. The summed E-state index contributed by atoms with van der Waals surface area (Å²) in [6.07, 6.45) is 9.95. The van der Waals surface area contributed by atoms with Gasteiger partial charge < -0.3 is 10.6 Å². The van der Waals surface area contributed by atoms with Gasteiger partial charge in [-0.1, -0.05) is 6.42 Å². The van der Waals surface area contributed by atoms with Crippen molar-refractivity contribution in [1.29, 1.82) is 0 Å². The van der Waals surface area contributed by atoms with E-state index in [-0.39, 0.29) is 6.03 Å². The van der Waals surface area contributed by atoms with E-state index in [0.717, 1.165) is 24.0 Å². The summed E-state index contributed by atoms with van der Waals surface area (Å²) in [5, 5.41) is 10.1. The highest BCUT2D eigenvalue weighted by atomic mass is 16.2. The van der Waals surface area contributed by atoms with Gasteiger partial charge in [0.15, 0.2) is 0 Å². The summed E-state index contributed by atoms with van der Waals surface area (Å²) >= 11 is 0. The number of carbonyl (C=O) groups is 1. The first-order chi connectivity index (χ1) is 9.74. The van der Waals surface area contributed by atoms with E-state index in [1.807, 2.05) is 24.4 Å². The molecule has 2 aromatic rings. The summed E-state index contributed by atoms with van der Waals surface area (Å²) < 4.78 is 1.75. The summed E-state index contributed by atoms with van der Waals surface area (Å²) in [7, 11) is 0. The molecule has 5 nitrogen and oxygen atoms in total. The van der Waals surface area contributed by atoms with Gasteiger partial charge in [0.05, 0.1) is 17.4 Å². The van der Waals surface area contributed by atoms with Gasteiger partial charge in [0, 0.05) is 12.2 Å². The van der Waals surface area contributed by atoms with Crippen molar-refractivity contribution in [3.8, 4) is 0 Å². The number of anilines is 1. The molecule has 2 N–H and O–H groups in total. The molecule has 104 valence electrons. The zero-order valence-corrected chi connectivity index (χ0v) is 11.3. The molecule has 0 bridgehead atoms. The Kier molecular flexibility index (Phi) is 2.49. The number of nitrogens with one attached hydrogen (secondary N) is 2. The Hall–Kier alpha value is -2.04. The van der Waals surface area contributed by atoms with Crippen LogP contribution in [0, 0.1) is 5.41 Å². The van der Waals surface area contributed by atoms with Crippen molar-refractivity contribution in [3.05, 3.63) is 30.6 Å². The molecule has 2 aromatic heterocycles. The summed E-state index contributed by atoms with van der Waals surface area (Å²) in [4.78, 5) is 12.0. The van der Waals surface area contributed by atoms with E-state index in [9.17, 15) is 4.79 Å². The molecular weight excluding hydrogens is 252 g/mol. The standard InChI is InChI=1S/C15H18N4O/c20-14(17-11-9-15(10-11)5-2-6-15)18-12-3-1-8-19-13(12)4-7-16-19/h1,3-4,7-8,11H,2,5-6,9-10H2,(H2,17,18,20). The second-order valence-electron chi connectivity index (χ2n) is 6.14. The van der Waals surface area contributed by atoms with Gasteiger partial charge in [-0.25, -0.2) is 9.31 Å². The number of hydrogen-bond acceptors (Lipinski definition) is 2. The predicted octanol–water partition coefficient (Wildman–Crippen LogP) is 2.79. The van der Waals surface area contributed by atoms with Crippen molar-refractivity contribution in [1.82, 2.24) is 14.9 Å². The van der Waals surface area contributed by atoms with Gasteiger partial charge in [-0.15, -0.1) is 0 Å². The Balaban J connectivity index is 1.39. The molecule has 4 rings (SSSR count). The fourth-order valence-electron chi connectivity index (χ4n) is 3.57. The van der Waals surface area contributed by atoms with Gasteiger partial charge in [-0.05, 0) is 49.3 Å². The maximum atomic E-state index is 12.0. The quantitative estimate of drug-likeness (QED) is 0.881. The monoisotopic (exact) mass is 270 g/mol. The second-order valence-corrected chi connectivity index (χ2v) is 6.14. The highest BCUT2D eigenvalue weighted by Crippen LogP contribution is 2.55. The van der Waals surface area contributed by atoms with Gasteiger partial charge >= 0.3 is 6.03 Å². The highest BCUT2D eigenvalue weighted by Gasteiger charge is 2.48. The first-order valence-corrected chi connectivity index (χ1v) is 7.24. The van der Waals surface area contributed by atoms with Crippen LogP contribution < -0.4 is 10.6 Å². The van der Waals surface area contributed by atoms with Crippen LogP contribution in [0.5, 0.6) is 0 Å². The molecule has 0 aliphatic heterocycles. The minimum Gasteiger partial charge on any atom is -0.335 e. The van der Waals surface area contributed by atoms with Crippen molar-refractivity contribution in [2.75, 3.05) is 5.32 Å². The van der Waals surface area contributed by atoms with Crippen LogP contribution in [0.15, 0.2) is 30.6 Å². The molecule has 0 unspecified atom stereocenters. The van der Waals surface area contributed by atoms with Crippen LogP contribution in [0.3, 0.4) is 0 Å². The number of aromatic nitrogens is 2. The van der Waals surface area contributed by atoms with Gasteiger partial charge in [0.1, 0.15) is 0 Å². The number of rotatable bonds is 2. The molecule has 0 aromatic carbocycles. The lowest BCUT2D eigenvalue weighted by atomic mass is 9.54. The van der Waals surface area contributed by atoms with Crippen LogP contribution in [-0.4, -0.2) is 21.7 Å². The second kappa shape index (κ2) is 4.23. The predicted molar refractivity (Wildman–Crippen MR) is 76.7 cm³/mol. The number of carbonyl (C=O) groups excluding carboxylic acids is 1. The summed E-state index contributed by atoms with van der Waals surface area (Å²) in [5.41, 5.74) is 2.29. The zero-order chi connectivity index (χ0) is 13.6. The Labute approximate surface area is 117 Å². The molecule has 2 amide bonds. The van der Waals surface area contributed by atoms with Crippen LogP contribution in [0.4, 0.5) is 10.5 Å². The molecule has 0 atom stereocenters. The average molecular weight is 270 g/mol. The van der Waals surface area contributed by atoms with Gasteiger partial charge in [0.25, 0.3) is 0 Å². The molecule has 2 fully saturated rings. The Morgan fingerprint density at radius 2 is 2.20 bits per heavy atom. The van der Waals surface area contributed by atoms with Crippen LogP contribution in [0.1, 0.15) is 32.1 Å². The molecule has 1 spiro atoms. The number of hydrogen-bond donors (Lipinski definition) is 2. The Bertz CT molecular complexity index is 651. The van der Waals surface area contributed by atoms with Crippen LogP contribution in [-0.2, 0) is 0 Å². The van der Waals surface area contributed by atoms with Crippen molar-refractivity contribution >= 4 is 17.2 Å². The van der Waals surface area contributed by atoms with E-state index in [1.54, 1.807) is 10.7 Å². The van der Waals surface area contributed by atoms with Crippen LogP contribution >= 0.6 is 0 Å². The van der Waals surface area contributed by atoms with Crippen molar-refractivity contribution in [2.24, 2.45) is 5.41 Å². The fraction of sp³-hybridized carbons (Fsp3) is 0.467. The summed E-state index contributed by atoms with van der Waals surface area (Å²) in [5.74, 6) is 0. The lowest BCUT2D eigenvalue weighted by Crippen LogP contribution is -2.54. The van der Waals surface area contributed by atoms with Crippen molar-refractivity contribution < 1.29 is 4.79 Å².